The van der Waals surface area contributed by atoms with Crippen molar-refractivity contribution in [1.29, 1.82) is 0 Å². The minimum atomic E-state index is -0.182. The number of halogens is 2. The lowest BCUT2D eigenvalue weighted by Crippen LogP contribution is -2.33. The quantitative estimate of drug-likeness (QED) is 0.839. The van der Waals surface area contributed by atoms with Crippen LogP contribution in [0.1, 0.15) is 26.2 Å². The fourth-order valence-corrected chi connectivity index (χ4v) is 2.76. The van der Waals surface area contributed by atoms with Crippen LogP contribution in [-0.2, 0) is 4.74 Å². The van der Waals surface area contributed by atoms with Gasteiger partial charge in [-0.15, -0.1) is 0 Å². The van der Waals surface area contributed by atoms with Crippen LogP contribution in [-0.4, -0.2) is 18.8 Å². The molecule has 17 heavy (non-hydrogen) atoms. The molecule has 2 unspecified atom stereocenters. The molecule has 2 nitrogen and oxygen atoms in total. The number of benzene rings is 1. The summed E-state index contributed by atoms with van der Waals surface area (Å²) in [5.41, 5.74) is 1.02. The van der Waals surface area contributed by atoms with Gasteiger partial charge in [0.25, 0.3) is 0 Å². The van der Waals surface area contributed by atoms with Crippen LogP contribution >= 0.6 is 22.6 Å². The van der Waals surface area contributed by atoms with Gasteiger partial charge in [-0.2, -0.15) is 0 Å². The molecule has 2 rings (SSSR count). The van der Waals surface area contributed by atoms with Gasteiger partial charge in [0.05, 0.1) is 6.10 Å². The Hall–Kier alpha value is -0.360. The van der Waals surface area contributed by atoms with E-state index in [2.05, 4.69) is 34.8 Å². The Morgan fingerprint density at radius 3 is 3.06 bits per heavy atom. The highest BCUT2D eigenvalue weighted by molar-refractivity contribution is 14.1. The number of rotatable bonds is 3. The van der Waals surface area contributed by atoms with Crippen molar-refractivity contribution in [1.82, 2.24) is 0 Å². The van der Waals surface area contributed by atoms with E-state index in [9.17, 15) is 4.39 Å². The predicted octanol–water partition coefficient (Wildman–Crippen LogP) is 3.80. The summed E-state index contributed by atoms with van der Waals surface area (Å²) in [6.07, 6.45) is 3.46. The van der Waals surface area contributed by atoms with Crippen molar-refractivity contribution in [3.63, 3.8) is 0 Å². The number of hydrogen-bond donors (Lipinski definition) is 1. The second-order valence-corrected chi connectivity index (χ2v) is 5.55. The smallest absolute Gasteiger partial charge is 0.124 e. The van der Waals surface area contributed by atoms with Crippen LogP contribution in [0.2, 0.25) is 0 Å². The summed E-state index contributed by atoms with van der Waals surface area (Å²) in [5, 5.41) is 3.49. The van der Waals surface area contributed by atoms with E-state index in [1.165, 1.54) is 6.07 Å². The minimum absolute atomic E-state index is 0.182. The Labute approximate surface area is 115 Å². The number of hydrogen-bond acceptors (Lipinski definition) is 2. The third-order valence-electron chi connectivity index (χ3n) is 3.11. The highest BCUT2D eigenvalue weighted by atomic mass is 127. The minimum Gasteiger partial charge on any atom is -0.381 e. The molecular formula is C13H17FINO. The van der Waals surface area contributed by atoms with E-state index in [0.717, 1.165) is 35.1 Å². The van der Waals surface area contributed by atoms with Gasteiger partial charge in [-0.3, -0.25) is 0 Å². The van der Waals surface area contributed by atoms with Crippen molar-refractivity contribution < 1.29 is 9.13 Å². The van der Waals surface area contributed by atoms with Gasteiger partial charge in [0.15, 0.2) is 0 Å². The zero-order valence-corrected chi connectivity index (χ0v) is 12.0. The first-order chi connectivity index (χ1) is 8.19. The van der Waals surface area contributed by atoms with E-state index < -0.39 is 0 Å². The summed E-state index contributed by atoms with van der Waals surface area (Å²) >= 11 is 2.16. The van der Waals surface area contributed by atoms with Gasteiger partial charge in [-0.25, -0.2) is 4.39 Å². The third-order valence-corrected chi connectivity index (χ3v) is 4.01. The molecule has 2 atom stereocenters. The molecule has 1 saturated heterocycles. The topological polar surface area (TPSA) is 21.3 Å². The SMILES string of the molecule is CCC1CC(Nc2ccc(F)cc2I)CCO1. The molecule has 1 aromatic carbocycles. The molecule has 1 fully saturated rings. The molecule has 0 aliphatic carbocycles. The second kappa shape index (κ2) is 6.00. The average molecular weight is 349 g/mol. The van der Waals surface area contributed by atoms with Crippen molar-refractivity contribution >= 4 is 28.3 Å². The Bertz CT molecular complexity index is 386. The summed E-state index contributed by atoms with van der Waals surface area (Å²) in [6.45, 7) is 2.96. The van der Waals surface area contributed by atoms with Gasteiger partial charge in [-0.05, 0) is 60.1 Å². The van der Waals surface area contributed by atoms with E-state index in [4.69, 9.17) is 4.74 Å². The average Bonchev–Trinajstić information content (AvgIpc) is 2.33. The Morgan fingerprint density at radius 1 is 1.53 bits per heavy atom. The molecule has 0 aromatic heterocycles. The first-order valence-electron chi connectivity index (χ1n) is 6.02. The van der Waals surface area contributed by atoms with Gasteiger partial charge >= 0.3 is 0 Å². The normalized spacial score (nSPS) is 24.6. The summed E-state index contributed by atoms with van der Waals surface area (Å²) in [4.78, 5) is 0. The summed E-state index contributed by atoms with van der Waals surface area (Å²) in [7, 11) is 0. The lowest BCUT2D eigenvalue weighted by atomic mass is 10.0. The van der Waals surface area contributed by atoms with Crippen LogP contribution in [0.25, 0.3) is 0 Å². The second-order valence-electron chi connectivity index (χ2n) is 4.39. The van der Waals surface area contributed by atoms with Gasteiger partial charge < -0.3 is 10.1 Å². The Balaban J connectivity index is 2.00. The van der Waals surface area contributed by atoms with Gasteiger partial charge in [0.2, 0.25) is 0 Å². The van der Waals surface area contributed by atoms with Gasteiger partial charge in [-0.1, -0.05) is 6.92 Å². The number of anilines is 1. The lowest BCUT2D eigenvalue weighted by Gasteiger charge is -2.30. The van der Waals surface area contributed by atoms with E-state index in [1.54, 1.807) is 6.07 Å². The summed E-state index contributed by atoms with van der Waals surface area (Å²) in [6, 6.07) is 5.31. The molecule has 1 aromatic rings. The Morgan fingerprint density at radius 2 is 2.35 bits per heavy atom. The molecule has 1 aliphatic rings. The zero-order valence-electron chi connectivity index (χ0n) is 9.88. The highest BCUT2D eigenvalue weighted by Gasteiger charge is 2.21. The van der Waals surface area contributed by atoms with Crippen LogP contribution in [0.3, 0.4) is 0 Å². The van der Waals surface area contributed by atoms with Gasteiger partial charge in [0, 0.05) is 21.9 Å². The fourth-order valence-electron chi connectivity index (χ4n) is 2.12. The van der Waals surface area contributed by atoms with Crippen LogP contribution in [0.15, 0.2) is 18.2 Å². The number of nitrogens with one attached hydrogen (secondary N) is 1. The maximum atomic E-state index is 13.0. The van der Waals surface area contributed by atoms with Crippen molar-refractivity contribution in [2.24, 2.45) is 0 Å². The first-order valence-corrected chi connectivity index (χ1v) is 7.10. The lowest BCUT2D eigenvalue weighted by molar-refractivity contribution is 0.00924. The largest absolute Gasteiger partial charge is 0.381 e. The van der Waals surface area contributed by atoms with Crippen molar-refractivity contribution in [2.45, 2.75) is 38.3 Å². The van der Waals surface area contributed by atoms with E-state index >= 15 is 0 Å². The Kier molecular flexibility index (Phi) is 4.62. The number of ether oxygens (including phenoxy) is 1. The van der Waals surface area contributed by atoms with Crippen molar-refractivity contribution in [3.8, 4) is 0 Å². The van der Waals surface area contributed by atoms with Crippen molar-refractivity contribution in [2.75, 3.05) is 11.9 Å². The first kappa shape index (κ1) is 13.1. The van der Waals surface area contributed by atoms with E-state index in [1.807, 2.05) is 6.07 Å². The molecular weight excluding hydrogens is 332 g/mol. The molecule has 94 valence electrons. The monoisotopic (exact) mass is 349 g/mol. The zero-order chi connectivity index (χ0) is 12.3. The van der Waals surface area contributed by atoms with Gasteiger partial charge in [0.1, 0.15) is 5.82 Å². The molecule has 0 amide bonds. The maximum absolute atomic E-state index is 13.0. The fraction of sp³-hybridized carbons (Fsp3) is 0.538. The van der Waals surface area contributed by atoms with Crippen LogP contribution in [0.5, 0.6) is 0 Å². The molecule has 1 aliphatic heterocycles. The highest BCUT2D eigenvalue weighted by Crippen LogP contribution is 2.24. The molecule has 0 spiro atoms. The standard InChI is InChI=1S/C13H17FINO/c1-2-11-8-10(5-6-17-11)16-13-4-3-9(14)7-12(13)15/h3-4,7,10-11,16H,2,5-6,8H2,1H3. The maximum Gasteiger partial charge on any atom is 0.124 e. The molecule has 0 saturated carbocycles. The third kappa shape index (κ3) is 3.55. The van der Waals surface area contributed by atoms with Crippen LogP contribution in [0.4, 0.5) is 10.1 Å². The molecule has 0 bridgehead atoms. The van der Waals surface area contributed by atoms with Crippen LogP contribution in [0, 0.1) is 9.39 Å². The van der Waals surface area contributed by atoms with Crippen molar-refractivity contribution in [3.05, 3.63) is 27.6 Å². The summed E-state index contributed by atoms with van der Waals surface area (Å²) < 4.78 is 19.6. The molecule has 4 heteroatoms. The predicted molar refractivity (Wildman–Crippen MR) is 75.8 cm³/mol. The molecule has 1 N–H and O–H groups in total. The van der Waals surface area contributed by atoms with E-state index in [0.29, 0.717) is 12.1 Å². The van der Waals surface area contributed by atoms with Crippen LogP contribution < -0.4 is 5.32 Å². The molecule has 1 heterocycles. The van der Waals surface area contributed by atoms with E-state index in [-0.39, 0.29) is 5.82 Å². The summed E-state index contributed by atoms with van der Waals surface area (Å²) in [5.74, 6) is -0.182. The molecule has 0 radical (unpaired) electrons.